The Morgan fingerprint density at radius 2 is 2.28 bits per heavy atom. The zero-order valence-electron chi connectivity index (χ0n) is 10.1. The Morgan fingerprint density at radius 1 is 1.44 bits per heavy atom. The van der Waals surface area contributed by atoms with E-state index in [0.717, 1.165) is 30.3 Å². The number of aliphatic hydroxyl groups excluding tert-OH is 1. The van der Waals surface area contributed by atoms with Crippen molar-refractivity contribution in [3.8, 4) is 0 Å². The zero-order valence-corrected chi connectivity index (χ0v) is 10.1. The molecule has 1 aliphatic heterocycles. The number of hydrogen-bond acceptors (Lipinski definition) is 2. The molecule has 0 unspecified atom stereocenters. The summed E-state index contributed by atoms with van der Waals surface area (Å²) in [5.41, 5.74) is 1.58. The summed E-state index contributed by atoms with van der Waals surface area (Å²) in [6.45, 7) is 0.783. The summed E-state index contributed by atoms with van der Waals surface area (Å²) in [6.07, 6.45) is 1.86. The predicted octanol–water partition coefficient (Wildman–Crippen LogP) is 1.76. The van der Waals surface area contributed by atoms with Crippen molar-refractivity contribution in [2.24, 2.45) is 0 Å². The Labute approximate surface area is 105 Å². The molecule has 4 nitrogen and oxygen atoms in total. The molecule has 0 bridgehead atoms. The lowest BCUT2D eigenvalue weighted by Gasteiger charge is -2.22. The molecule has 2 N–H and O–H groups in total. The van der Waals surface area contributed by atoms with E-state index in [2.05, 4.69) is 4.98 Å². The lowest BCUT2D eigenvalue weighted by atomic mass is 10.2. The van der Waals surface area contributed by atoms with Gasteiger partial charge in [0.15, 0.2) is 0 Å². The summed E-state index contributed by atoms with van der Waals surface area (Å²) in [7, 11) is 0. The molecule has 2 heterocycles. The van der Waals surface area contributed by atoms with Gasteiger partial charge in [-0.3, -0.25) is 4.79 Å². The zero-order chi connectivity index (χ0) is 12.5. The number of likely N-dealkylation sites (tertiary alicyclic amines) is 1. The highest BCUT2D eigenvalue weighted by atomic mass is 16.3. The van der Waals surface area contributed by atoms with Crippen LogP contribution in [0.2, 0.25) is 0 Å². The van der Waals surface area contributed by atoms with Crippen LogP contribution in [0, 0.1) is 0 Å². The first-order valence-electron chi connectivity index (χ1n) is 6.29. The predicted molar refractivity (Wildman–Crippen MR) is 69.4 cm³/mol. The molecule has 0 aliphatic carbocycles. The molecular formula is C14H16N2O2. The third-order valence-corrected chi connectivity index (χ3v) is 3.61. The van der Waals surface area contributed by atoms with Gasteiger partial charge < -0.3 is 15.0 Å². The van der Waals surface area contributed by atoms with Crippen molar-refractivity contribution in [3.63, 3.8) is 0 Å². The summed E-state index contributed by atoms with van der Waals surface area (Å²) < 4.78 is 0. The van der Waals surface area contributed by atoms with E-state index in [0.29, 0.717) is 5.69 Å². The van der Waals surface area contributed by atoms with Crippen LogP contribution in [-0.2, 0) is 0 Å². The maximum absolute atomic E-state index is 12.4. The molecule has 1 amide bonds. The van der Waals surface area contributed by atoms with Gasteiger partial charge in [-0.05, 0) is 25.0 Å². The standard InChI is InChI=1S/C14H16N2O2/c17-9-11-5-3-7-16(11)14(18)13-8-10-4-1-2-6-12(10)15-13/h1-2,4,6,8,11,15,17H,3,5,7,9H2/t11-/m0/s1. The number of aromatic nitrogens is 1. The van der Waals surface area contributed by atoms with E-state index in [1.807, 2.05) is 30.3 Å². The summed E-state index contributed by atoms with van der Waals surface area (Å²) in [5.74, 6) is -0.0113. The minimum Gasteiger partial charge on any atom is -0.394 e. The van der Waals surface area contributed by atoms with Crippen molar-refractivity contribution in [1.29, 1.82) is 0 Å². The van der Waals surface area contributed by atoms with Gasteiger partial charge in [0.25, 0.3) is 5.91 Å². The van der Waals surface area contributed by atoms with Crippen LogP contribution in [0.3, 0.4) is 0 Å². The average Bonchev–Trinajstić information content (AvgIpc) is 3.03. The second-order valence-corrected chi connectivity index (χ2v) is 4.75. The van der Waals surface area contributed by atoms with E-state index in [4.69, 9.17) is 0 Å². The fourth-order valence-electron chi connectivity index (χ4n) is 2.64. The molecule has 0 spiro atoms. The molecule has 1 fully saturated rings. The van der Waals surface area contributed by atoms with Crippen molar-refractivity contribution < 1.29 is 9.90 Å². The van der Waals surface area contributed by atoms with E-state index in [1.165, 1.54) is 0 Å². The number of aliphatic hydroxyl groups is 1. The van der Waals surface area contributed by atoms with E-state index in [1.54, 1.807) is 4.90 Å². The highest BCUT2D eigenvalue weighted by Gasteiger charge is 2.29. The molecule has 1 saturated heterocycles. The largest absolute Gasteiger partial charge is 0.394 e. The van der Waals surface area contributed by atoms with Crippen molar-refractivity contribution >= 4 is 16.8 Å². The number of nitrogens with one attached hydrogen (secondary N) is 1. The number of carbonyl (C=O) groups is 1. The number of H-pyrrole nitrogens is 1. The van der Waals surface area contributed by atoms with Crippen LogP contribution in [0.15, 0.2) is 30.3 Å². The Kier molecular flexibility index (Phi) is 2.80. The summed E-state index contributed by atoms with van der Waals surface area (Å²) >= 11 is 0. The first-order chi connectivity index (χ1) is 8.79. The minimum absolute atomic E-state index is 0.0113. The lowest BCUT2D eigenvalue weighted by molar-refractivity contribution is 0.0672. The molecular weight excluding hydrogens is 228 g/mol. The fourth-order valence-corrected chi connectivity index (χ4v) is 2.64. The molecule has 1 aromatic carbocycles. The average molecular weight is 244 g/mol. The van der Waals surface area contributed by atoms with Gasteiger partial charge in [-0.15, -0.1) is 0 Å². The Hall–Kier alpha value is -1.81. The smallest absolute Gasteiger partial charge is 0.270 e. The minimum atomic E-state index is -0.0242. The van der Waals surface area contributed by atoms with Gasteiger partial charge >= 0.3 is 0 Å². The first kappa shape index (κ1) is 11.3. The maximum atomic E-state index is 12.4. The van der Waals surface area contributed by atoms with Gasteiger partial charge in [0.05, 0.1) is 12.6 Å². The van der Waals surface area contributed by atoms with E-state index in [9.17, 15) is 9.90 Å². The number of benzene rings is 1. The van der Waals surface area contributed by atoms with Crippen molar-refractivity contribution in [1.82, 2.24) is 9.88 Å². The third kappa shape index (κ3) is 1.78. The Bertz CT molecular complexity index is 543. The summed E-state index contributed by atoms with van der Waals surface area (Å²) in [6, 6.07) is 9.69. The van der Waals surface area contributed by atoms with Gasteiger partial charge in [-0.2, -0.15) is 0 Å². The van der Waals surface area contributed by atoms with Gasteiger partial charge in [0.2, 0.25) is 0 Å². The summed E-state index contributed by atoms with van der Waals surface area (Å²) in [4.78, 5) is 17.3. The van der Waals surface area contributed by atoms with Gasteiger partial charge in [-0.25, -0.2) is 0 Å². The molecule has 2 aromatic rings. The second kappa shape index (κ2) is 4.46. The van der Waals surface area contributed by atoms with Crippen LogP contribution in [0.5, 0.6) is 0 Å². The number of aromatic amines is 1. The van der Waals surface area contributed by atoms with E-state index >= 15 is 0 Å². The number of amides is 1. The second-order valence-electron chi connectivity index (χ2n) is 4.75. The van der Waals surface area contributed by atoms with E-state index < -0.39 is 0 Å². The highest BCUT2D eigenvalue weighted by Crippen LogP contribution is 2.21. The maximum Gasteiger partial charge on any atom is 0.270 e. The molecule has 0 saturated carbocycles. The van der Waals surface area contributed by atoms with Crippen LogP contribution in [-0.4, -0.2) is 40.1 Å². The van der Waals surface area contributed by atoms with Crippen molar-refractivity contribution in [3.05, 3.63) is 36.0 Å². The van der Waals surface area contributed by atoms with E-state index in [-0.39, 0.29) is 18.6 Å². The molecule has 0 radical (unpaired) electrons. The van der Waals surface area contributed by atoms with Gasteiger partial charge in [0.1, 0.15) is 5.69 Å². The molecule has 18 heavy (non-hydrogen) atoms. The number of rotatable bonds is 2. The summed E-state index contributed by atoms with van der Waals surface area (Å²) in [5, 5.41) is 10.3. The third-order valence-electron chi connectivity index (χ3n) is 3.61. The monoisotopic (exact) mass is 244 g/mol. The molecule has 94 valence electrons. The number of hydrogen-bond donors (Lipinski definition) is 2. The fraction of sp³-hybridized carbons (Fsp3) is 0.357. The highest BCUT2D eigenvalue weighted by molar-refractivity contribution is 5.98. The number of fused-ring (bicyclic) bond motifs is 1. The first-order valence-corrected chi connectivity index (χ1v) is 6.29. The topological polar surface area (TPSA) is 56.3 Å². The quantitative estimate of drug-likeness (QED) is 0.845. The Morgan fingerprint density at radius 3 is 3.06 bits per heavy atom. The van der Waals surface area contributed by atoms with Crippen LogP contribution < -0.4 is 0 Å². The van der Waals surface area contributed by atoms with Crippen molar-refractivity contribution in [2.45, 2.75) is 18.9 Å². The van der Waals surface area contributed by atoms with Crippen molar-refractivity contribution in [2.75, 3.05) is 13.2 Å². The Balaban J connectivity index is 1.91. The number of para-hydroxylation sites is 1. The SMILES string of the molecule is O=C(c1cc2ccccc2[nH]1)N1CCC[C@H]1CO. The van der Waals surface area contributed by atoms with Crippen LogP contribution in [0.1, 0.15) is 23.3 Å². The molecule has 4 heteroatoms. The molecule has 1 aliphatic rings. The molecule has 1 aromatic heterocycles. The van der Waals surface area contributed by atoms with Gasteiger partial charge in [0, 0.05) is 17.4 Å². The number of nitrogens with zero attached hydrogens (tertiary/aromatic N) is 1. The van der Waals surface area contributed by atoms with Crippen LogP contribution in [0.4, 0.5) is 0 Å². The van der Waals surface area contributed by atoms with Crippen LogP contribution >= 0.6 is 0 Å². The number of carbonyl (C=O) groups excluding carboxylic acids is 1. The van der Waals surface area contributed by atoms with Gasteiger partial charge in [-0.1, -0.05) is 18.2 Å². The lowest BCUT2D eigenvalue weighted by Crippen LogP contribution is -2.37. The molecule has 3 rings (SSSR count). The molecule has 1 atom stereocenters. The normalized spacial score (nSPS) is 19.6. The van der Waals surface area contributed by atoms with Crippen LogP contribution in [0.25, 0.3) is 10.9 Å².